The molecule has 37 heavy (non-hydrogen) atoms. The van der Waals surface area contributed by atoms with Crippen LogP contribution in [0, 0.1) is 6.92 Å². The lowest BCUT2D eigenvalue weighted by Gasteiger charge is -2.19. The Hall–Kier alpha value is -4.04. The average Bonchev–Trinajstić information content (AvgIpc) is 2.88. The molecule has 0 fully saturated rings. The van der Waals surface area contributed by atoms with E-state index in [1.807, 2.05) is 19.1 Å². The third kappa shape index (κ3) is 6.80. The maximum atomic E-state index is 13.4. The van der Waals surface area contributed by atoms with Gasteiger partial charge < -0.3 is 10.6 Å². The van der Waals surface area contributed by atoms with Gasteiger partial charge in [-0.05, 0) is 61.0 Å². The van der Waals surface area contributed by atoms with Gasteiger partial charge in [-0.1, -0.05) is 60.2 Å². The maximum Gasteiger partial charge on any atom is 0.418 e. The van der Waals surface area contributed by atoms with Gasteiger partial charge in [0.15, 0.2) is 0 Å². The molecule has 0 aromatic heterocycles. The van der Waals surface area contributed by atoms with E-state index in [4.69, 9.17) is 0 Å². The zero-order valence-corrected chi connectivity index (χ0v) is 20.6. The Morgan fingerprint density at radius 3 is 2.14 bits per heavy atom. The van der Waals surface area contributed by atoms with Crippen LogP contribution in [0.25, 0.3) is 0 Å². The summed E-state index contributed by atoms with van der Waals surface area (Å²) in [5, 5.41) is 4.49. The normalized spacial score (nSPS) is 12.0. The van der Waals surface area contributed by atoms with Crippen LogP contribution in [-0.4, -0.2) is 11.8 Å². The molecular weight excluding hydrogens is 497 g/mol. The minimum Gasteiger partial charge on any atom is -0.324 e. The van der Waals surface area contributed by atoms with Crippen molar-refractivity contribution in [2.75, 3.05) is 10.6 Å². The van der Waals surface area contributed by atoms with E-state index in [9.17, 15) is 22.8 Å². The predicted molar refractivity (Wildman–Crippen MR) is 141 cm³/mol. The highest BCUT2D eigenvalue weighted by atomic mass is 32.2. The molecule has 4 rings (SSSR count). The van der Waals surface area contributed by atoms with Crippen LogP contribution in [0.3, 0.4) is 0 Å². The van der Waals surface area contributed by atoms with Crippen molar-refractivity contribution in [3.8, 4) is 0 Å². The number of hydrogen-bond donors (Lipinski definition) is 2. The topological polar surface area (TPSA) is 58.2 Å². The summed E-state index contributed by atoms with van der Waals surface area (Å²) in [6.07, 6.45) is -4.60. The van der Waals surface area contributed by atoms with Gasteiger partial charge in [-0.25, -0.2) is 0 Å². The molecule has 8 heteroatoms. The lowest BCUT2D eigenvalue weighted by atomic mass is 10.1. The number of hydrogen-bond acceptors (Lipinski definition) is 3. The maximum absolute atomic E-state index is 13.4. The lowest BCUT2D eigenvalue weighted by Crippen LogP contribution is -2.21. The Morgan fingerprint density at radius 1 is 0.784 bits per heavy atom. The molecule has 188 valence electrons. The molecule has 1 unspecified atom stereocenters. The number of halogens is 3. The van der Waals surface area contributed by atoms with E-state index in [1.165, 1.54) is 30.0 Å². The van der Waals surface area contributed by atoms with Gasteiger partial charge in [0.2, 0.25) is 5.91 Å². The molecule has 0 bridgehead atoms. The quantitative estimate of drug-likeness (QED) is 0.245. The molecule has 0 aliphatic rings. The number of aryl methyl sites for hydroxylation is 1. The summed E-state index contributed by atoms with van der Waals surface area (Å²) in [7, 11) is 0. The largest absolute Gasteiger partial charge is 0.418 e. The molecule has 4 nitrogen and oxygen atoms in total. The molecule has 0 aliphatic heterocycles. The first-order chi connectivity index (χ1) is 17.7. The average molecular weight is 521 g/mol. The Bertz CT molecular complexity index is 1390. The van der Waals surface area contributed by atoms with E-state index in [2.05, 4.69) is 10.6 Å². The Kier molecular flexibility index (Phi) is 7.98. The second kappa shape index (κ2) is 11.3. The van der Waals surface area contributed by atoms with Crippen LogP contribution >= 0.6 is 11.8 Å². The van der Waals surface area contributed by atoms with Gasteiger partial charge in [-0.2, -0.15) is 13.2 Å². The summed E-state index contributed by atoms with van der Waals surface area (Å²) in [5.41, 5.74) is 1.53. The number of carbonyl (C=O) groups is 2. The van der Waals surface area contributed by atoms with Crippen LogP contribution in [0.4, 0.5) is 24.5 Å². The van der Waals surface area contributed by atoms with Crippen molar-refractivity contribution in [3.63, 3.8) is 0 Å². The van der Waals surface area contributed by atoms with Crippen LogP contribution in [0.2, 0.25) is 0 Å². The molecule has 0 spiro atoms. The number of alkyl halides is 3. The van der Waals surface area contributed by atoms with E-state index in [1.54, 1.807) is 66.7 Å². The predicted octanol–water partition coefficient (Wildman–Crippen LogP) is 7.74. The van der Waals surface area contributed by atoms with Crippen LogP contribution in [0.5, 0.6) is 0 Å². The van der Waals surface area contributed by atoms with Crippen LogP contribution in [0.15, 0.2) is 108 Å². The third-order valence-electron chi connectivity index (χ3n) is 5.48. The zero-order valence-electron chi connectivity index (χ0n) is 19.8. The van der Waals surface area contributed by atoms with Crippen molar-refractivity contribution < 1.29 is 22.8 Å². The fourth-order valence-corrected chi connectivity index (χ4v) is 4.71. The van der Waals surface area contributed by atoms with Crippen molar-refractivity contribution in [1.29, 1.82) is 0 Å². The highest BCUT2D eigenvalue weighted by molar-refractivity contribution is 8.00. The van der Waals surface area contributed by atoms with Crippen molar-refractivity contribution in [2.24, 2.45) is 0 Å². The second-order valence-corrected chi connectivity index (χ2v) is 9.47. The van der Waals surface area contributed by atoms with Crippen molar-refractivity contribution in [3.05, 3.63) is 125 Å². The number of carbonyl (C=O) groups excluding carboxylic acids is 2. The van der Waals surface area contributed by atoms with Crippen LogP contribution in [-0.2, 0) is 11.0 Å². The standard InChI is InChI=1S/C29H23F3N2O2S/c1-19-8-7-11-21(18-19)27(35)33-22-14-16-23(17-15-22)37-26(20-9-3-2-4-10-20)28(36)34-25-13-6-5-12-24(25)29(30,31)32/h2-18,26H,1H3,(H,33,35)(H,34,36). The zero-order chi connectivity index (χ0) is 26.4. The van der Waals surface area contributed by atoms with Crippen molar-refractivity contribution in [2.45, 2.75) is 23.2 Å². The highest BCUT2D eigenvalue weighted by Crippen LogP contribution is 2.39. The van der Waals surface area contributed by atoms with Crippen molar-refractivity contribution in [1.82, 2.24) is 0 Å². The highest BCUT2D eigenvalue weighted by Gasteiger charge is 2.34. The fraction of sp³-hybridized carbons (Fsp3) is 0.103. The number of para-hydroxylation sites is 1. The molecule has 0 saturated carbocycles. The fourth-order valence-electron chi connectivity index (χ4n) is 3.68. The molecule has 0 heterocycles. The van der Waals surface area contributed by atoms with Crippen LogP contribution in [0.1, 0.15) is 32.3 Å². The van der Waals surface area contributed by atoms with Gasteiger partial charge in [0.1, 0.15) is 5.25 Å². The van der Waals surface area contributed by atoms with Gasteiger partial charge in [0.05, 0.1) is 11.3 Å². The number of benzene rings is 4. The summed E-state index contributed by atoms with van der Waals surface area (Å²) in [5.74, 6) is -0.821. The smallest absolute Gasteiger partial charge is 0.324 e. The summed E-state index contributed by atoms with van der Waals surface area (Å²) >= 11 is 1.20. The van der Waals surface area contributed by atoms with E-state index < -0.39 is 22.9 Å². The Labute approximate surface area is 216 Å². The molecular formula is C29H23F3N2O2S. The molecule has 2 amide bonds. The molecule has 0 aliphatic carbocycles. The number of anilines is 2. The lowest BCUT2D eigenvalue weighted by molar-refractivity contribution is -0.137. The monoisotopic (exact) mass is 520 g/mol. The number of nitrogens with one attached hydrogen (secondary N) is 2. The van der Waals surface area contributed by atoms with E-state index >= 15 is 0 Å². The number of rotatable bonds is 7. The van der Waals surface area contributed by atoms with Gasteiger partial charge in [-0.15, -0.1) is 11.8 Å². The van der Waals surface area contributed by atoms with E-state index in [-0.39, 0.29) is 11.6 Å². The molecule has 4 aromatic carbocycles. The SMILES string of the molecule is Cc1cccc(C(=O)Nc2ccc(SC(C(=O)Nc3ccccc3C(F)(F)F)c3ccccc3)cc2)c1. The first kappa shape index (κ1) is 26.0. The molecule has 0 radical (unpaired) electrons. The minimum absolute atomic E-state index is 0.242. The number of thioether (sulfide) groups is 1. The van der Waals surface area contributed by atoms with E-state index in [0.717, 1.165) is 11.6 Å². The van der Waals surface area contributed by atoms with Gasteiger partial charge in [-0.3, -0.25) is 9.59 Å². The summed E-state index contributed by atoms with van der Waals surface area (Å²) in [4.78, 5) is 26.5. The van der Waals surface area contributed by atoms with Gasteiger partial charge in [0.25, 0.3) is 5.91 Å². The van der Waals surface area contributed by atoms with Gasteiger partial charge in [0, 0.05) is 16.1 Å². The Morgan fingerprint density at radius 2 is 1.46 bits per heavy atom. The molecule has 1 atom stereocenters. The summed E-state index contributed by atoms with van der Waals surface area (Å²) in [6, 6.07) is 27.9. The van der Waals surface area contributed by atoms with Crippen molar-refractivity contribution >= 4 is 35.0 Å². The molecule has 2 N–H and O–H groups in total. The first-order valence-corrected chi connectivity index (χ1v) is 12.3. The summed E-state index contributed by atoms with van der Waals surface area (Å²) < 4.78 is 40.3. The molecule has 4 aromatic rings. The Balaban J connectivity index is 1.52. The number of amides is 2. The summed E-state index contributed by atoms with van der Waals surface area (Å²) in [6.45, 7) is 1.91. The van der Waals surface area contributed by atoms with E-state index in [0.29, 0.717) is 21.7 Å². The third-order valence-corrected chi connectivity index (χ3v) is 6.74. The second-order valence-electron chi connectivity index (χ2n) is 8.29. The van der Waals surface area contributed by atoms with Crippen LogP contribution < -0.4 is 10.6 Å². The van der Waals surface area contributed by atoms with Gasteiger partial charge >= 0.3 is 6.18 Å². The minimum atomic E-state index is -4.60. The molecule has 0 saturated heterocycles. The first-order valence-electron chi connectivity index (χ1n) is 11.4.